The molecule has 1 aliphatic heterocycles. The second-order valence-electron chi connectivity index (χ2n) is 6.62. The van der Waals surface area contributed by atoms with Gasteiger partial charge in [0.2, 0.25) is 0 Å². The maximum Gasteiger partial charge on any atom is 0.317 e. The van der Waals surface area contributed by atoms with Crippen LogP contribution >= 0.6 is 0 Å². The summed E-state index contributed by atoms with van der Waals surface area (Å²) < 4.78 is 5.79. The van der Waals surface area contributed by atoms with Gasteiger partial charge in [0, 0.05) is 12.6 Å². The molecule has 0 aromatic heterocycles. The summed E-state index contributed by atoms with van der Waals surface area (Å²) in [6.07, 6.45) is 8.15. The van der Waals surface area contributed by atoms with E-state index in [2.05, 4.69) is 24.4 Å². The van der Waals surface area contributed by atoms with Crippen molar-refractivity contribution in [2.24, 2.45) is 0 Å². The van der Waals surface area contributed by atoms with Gasteiger partial charge >= 0.3 is 6.03 Å². The van der Waals surface area contributed by atoms with E-state index in [4.69, 9.17) is 4.74 Å². The van der Waals surface area contributed by atoms with Gasteiger partial charge in [-0.2, -0.15) is 0 Å². The fourth-order valence-electron chi connectivity index (χ4n) is 3.76. The van der Waals surface area contributed by atoms with E-state index in [0.717, 1.165) is 38.0 Å². The Morgan fingerprint density at radius 2 is 2.13 bits per heavy atom. The molecule has 0 radical (unpaired) electrons. The highest BCUT2D eigenvalue weighted by atomic mass is 16.5. The van der Waals surface area contributed by atoms with Crippen LogP contribution in [0.3, 0.4) is 0 Å². The normalized spacial score (nSPS) is 20.2. The minimum atomic E-state index is 0.0640. The molecule has 1 N–H and O–H groups in total. The van der Waals surface area contributed by atoms with Crippen molar-refractivity contribution >= 4 is 6.03 Å². The van der Waals surface area contributed by atoms with E-state index in [1.807, 2.05) is 11.0 Å². The molecular formula is C19H28N2O2. The molecular weight excluding hydrogens is 288 g/mol. The number of hydrogen-bond donors (Lipinski definition) is 1. The molecule has 126 valence electrons. The maximum atomic E-state index is 12.3. The number of ether oxygens (including phenoxy) is 1. The van der Waals surface area contributed by atoms with Crippen molar-refractivity contribution in [3.63, 3.8) is 0 Å². The number of carbonyl (C=O) groups excluding carboxylic acids is 1. The van der Waals surface area contributed by atoms with Crippen LogP contribution in [0.5, 0.6) is 5.75 Å². The SMILES string of the molecule is CCC1CCCCN1C(=O)NCCOc1ccc2c(c1)CCC2. The van der Waals surface area contributed by atoms with Gasteiger partial charge in [0.15, 0.2) is 0 Å². The van der Waals surface area contributed by atoms with Gasteiger partial charge in [-0.1, -0.05) is 13.0 Å². The number of nitrogens with one attached hydrogen (secondary N) is 1. The third kappa shape index (κ3) is 3.98. The molecule has 1 unspecified atom stereocenters. The van der Waals surface area contributed by atoms with E-state index in [1.165, 1.54) is 30.4 Å². The Kier molecular flexibility index (Phi) is 5.42. The number of rotatable bonds is 5. The van der Waals surface area contributed by atoms with Gasteiger partial charge in [0.05, 0.1) is 6.54 Å². The fraction of sp³-hybridized carbons (Fsp3) is 0.632. The van der Waals surface area contributed by atoms with E-state index >= 15 is 0 Å². The first-order valence-corrected chi connectivity index (χ1v) is 9.07. The highest BCUT2D eigenvalue weighted by Gasteiger charge is 2.24. The van der Waals surface area contributed by atoms with Crippen molar-refractivity contribution in [3.8, 4) is 5.75 Å². The van der Waals surface area contributed by atoms with Crippen molar-refractivity contribution in [2.45, 2.75) is 57.9 Å². The molecule has 1 fully saturated rings. The molecule has 1 atom stereocenters. The van der Waals surface area contributed by atoms with E-state index in [0.29, 0.717) is 19.2 Å². The first kappa shape index (κ1) is 16.2. The third-order valence-electron chi connectivity index (χ3n) is 5.08. The topological polar surface area (TPSA) is 41.6 Å². The summed E-state index contributed by atoms with van der Waals surface area (Å²) >= 11 is 0. The Morgan fingerprint density at radius 3 is 3.00 bits per heavy atom. The van der Waals surface area contributed by atoms with Crippen LogP contribution in [-0.2, 0) is 12.8 Å². The molecule has 4 heteroatoms. The molecule has 0 saturated carbocycles. The Morgan fingerprint density at radius 1 is 1.26 bits per heavy atom. The van der Waals surface area contributed by atoms with Crippen LogP contribution in [0.4, 0.5) is 4.79 Å². The van der Waals surface area contributed by atoms with Gasteiger partial charge in [-0.05, 0) is 68.2 Å². The maximum absolute atomic E-state index is 12.3. The molecule has 0 spiro atoms. The average molecular weight is 316 g/mol. The summed E-state index contributed by atoms with van der Waals surface area (Å²) in [6.45, 7) is 4.13. The van der Waals surface area contributed by atoms with Gasteiger partial charge in [0.1, 0.15) is 12.4 Å². The number of piperidine rings is 1. The zero-order valence-corrected chi connectivity index (χ0v) is 14.1. The van der Waals surface area contributed by atoms with Crippen LogP contribution in [0.15, 0.2) is 18.2 Å². The zero-order chi connectivity index (χ0) is 16.1. The van der Waals surface area contributed by atoms with Crippen LogP contribution in [0, 0.1) is 0 Å². The second-order valence-corrected chi connectivity index (χ2v) is 6.62. The van der Waals surface area contributed by atoms with Gasteiger partial charge < -0.3 is 15.0 Å². The lowest BCUT2D eigenvalue weighted by Crippen LogP contribution is -2.49. The number of carbonyl (C=O) groups is 1. The largest absolute Gasteiger partial charge is 0.492 e. The van der Waals surface area contributed by atoms with Crippen molar-refractivity contribution in [3.05, 3.63) is 29.3 Å². The molecule has 2 aliphatic rings. The minimum absolute atomic E-state index is 0.0640. The summed E-state index contributed by atoms with van der Waals surface area (Å²) in [7, 11) is 0. The summed E-state index contributed by atoms with van der Waals surface area (Å²) in [6, 6.07) is 6.84. The van der Waals surface area contributed by atoms with E-state index in [-0.39, 0.29) is 6.03 Å². The number of likely N-dealkylation sites (tertiary alicyclic amines) is 1. The number of nitrogens with zero attached hydrogens (tertiary/aromatic N) is 1. The number of fused-ring (bicyclic) bond motifs is 1. The first-order valence-electron chi connectivity index (χ1n) is 9.07. The van der Waals surface area contributed by atoms with Crippen molar-refractivity contribution < 1.29 is 9.53 Å². The number of urea groups is 1. The Bertz CT molecular complexity index is 544. The summed E-state index contributed by atoms with van der Waals surface area (Å²) in [5.41, 5.74) is 2.88. The highest BCUT2D eigenvalue weighted by molar-refractivity contribution is 5.74. The van der Waals surface area contributed by atoms with E-state index < -0.39 is 0 Å². The molecule has 1 aromatic carbocycles. The average Bonchev–Trinajstić information content (AvgIpc) is 3.06. The standard InChI is InChI=1S/C19H28N2O2/c1-2-17-8-3-4-12-21(17)19(22)20-11-13-23-18-10-9-15-6-5-7-16(15)14-18/h9-10,14,17H,2-8,11-13H2,1H3,(H,20,22). The van der Waals surface area contributed by atoms with Crippen molar-refractivity contribution in [1.29, 1.82) is 0 Å². The van der Waals surface area contributed by atoms with Gasteiger partial charge in [0.25, 0.3) is 0 Å². The fourth-order valence-corrected chi connectivity index (χ4v) is 3.76. The molecule has 0 bridgehead atoms. The molecule has 3 rings (SSSR count). The number of hydrogen-bond acceptors (Lipinski definition) is 2. The summed E-state index contributed by atoms with van der Waals surface area (Å²) in [5.74, 6) is 0.921. The van der Waals surface area contributed by atoms with Crippen LogP contribution in [-0.4, -0.2) is 36.7 Å². The van der Waals surface area contributed by atoms with Crippen LogP contribution in [0.2, 0.25) is 0 Å². The minimum Gasteiger partial charge on any atom is -0.492 e. The lowest BCUT2D eigenvalue weighted by atomic mass is 10.0. The first-order chi connectivity index (χ1) is 11.3. The number of amides is 2. The Balaban J connectivity index is 1.41. The molecule has 1 saturated heterocycles. The van der Waals surface area contributed by atoms with Crippen LogP contribution in [0.25, 0.3) is 0 Å². The molecule has 2 amide bonds. The highest BCUT2D eigenvalue weighted by Crippen LogP contribution is 2.26. The Hall–Kier alpha value is -1.71. The van der Waals surface area contributed by atoms with Crippen molar-refractivity contribution in [2.75, 3.05) is 19.7 Å². The van der Waals surface area contributed by atoms with Gasteiger partial charge in [-0.25, -0.2) is 4.79 Å². The number of aryl methyl sites for hydroxylation is 2. The van der Waals surface area contributed by atoms with E-state index in [1.54, 1.807) is 0 Å². The smallest absolute Gasteiger partial charge is 0.317 e. The lowest BCUT2D eigenvalue weighted by Gasteiger charge is -2.35. The second kappa shape index (κ2) is 7.71. The summed E-state index contributed by atoms with van der Waals surface area (Å²) in [5, 5.41) is 3.00. The third-order valence-corrected chi connectivity index (χ3v) is 5.08. The molecule has 1 aliphatic carbocycles. The monoisotopic (exact) mass is 316 g/mol. The number of benzene rings is 1. The zero-order valence-electron chi connectivity index (χ0n) is 14.1. The molecule has 1 aromatic rings. The molecule has 1 heterocycles. The lowest BCUT2D eigenvalue weighted by molar-refractivity contribution is 0.147. The predicted octanol–water partition coefficient (Wildman–Crippen LogP) is 3.53. The molecule has 23 heavy (non-hydrogen) atoms. The van der Waals surface area contributed by atoms with Gasteiger partial charge in [-0.15, -0.1) is 0 Å². The molecule has 4 nitrogen and oxygen atoms in total. The van der Waals surface area contributed by atoms with E-state index in [9.17, 15) is 4.79 Å². The summed E-state index contributed by atoms with van der Waals surface area (Å²) in [4.78, 5) is 14.3. The van der Waals surface area contributed by atoms with Crippen LogP contribution < -0.4 is 10.1 Å². The Labute approximate surface area is 139 Å². The van der Waals surface area contributed by atoms with Crippen molar-refractivity contribution in [1.82, 2.24) is 10.2 Å². The predicted molar refractivity (Wildman–Crippen MR) is 92.0 cm³/mol. The van der Waals surface area contributed by atoms with Crippen LogP contribution in [0.1, 0.15) is 50.2 Å². The quantitative estimate of drug-likeness (QED) is 0.844. The van der Waals surface area contributed by atoms with Gasteiger partial charge in [-0.3, -0.25) is 0 Å².